The lowest BCUT2D eigenvalue weighted by Crippen LogP contribution is -1.97. The molecule has 3 rings (SSSR count). The van der Waals surface area contributed by atoms with Gasteiger partial charge in [0.2, 0.25) is 0 Å². The van der Waals surface area contributed by atoms with Crippen LogP contribution in [0.4, 0.5) is 4.39 Å². The topological polar surface area (TPSA) is 38.9 Å². The number of rotatable bonds is 2. The molecule has 3 heteroatoms. The summed E-state index contributed by atoms with van der Waals surface area (Å²) in [5.41, 5.74) is 7.67. The second-order valence-electron chi connectivity index (χ2n) is 4.43. The summed E-state index contributed by atoms with van der Waals surface area (Å²) in [6.07, 6.45) is 3.48. The molecule has 0 spiro atoms. The largest absolute Gasteiger partial charge is 0.326 e. The summed E-state index contributed by atoms with van der Waals surface area (Å²) in [6.45, 7) is 0.338. The molecule has 1 aromatic heterocycles. The highest BCUT2D eigenvalue weighted by Crippen LogP contribution is 2.29. The number of hydrogen-bond acceptors (Lipinski definition) is 2. The highest BCUT2D eigenvalue weighted by molar-refractivity contribution is 5.95. The van der Waals surface area contributed by atoms with Gasteiger partial charge < -0.3 is 5.73 Å². The fraction of sp³-hybridized carbons (Fsp3) is 0.0625. The maximum atomic E-state index is 14.2. The van der Waals surface area contributed by atoms with Gasteiger partial charge in [-0.15, -0.1) is 0 Å². The molecule has 19 heavy (non-hydrogen) atoms. The van der Waals surface area contributed by atoms with Crippen molar-refractivity contribution in [2.45, 2.75) is 6.54 Å². The van der Waals surface area contributed by atoms with Crippen molar-refractivity contribution in [2.75, 3.05) is 0 Å². The molecule has 0 aliphatic heterocycles. The Morgan fingerprint density at radius 3 is 2.63 bits per heavy atom. The Kier molecular flexibility index (Phi) is 2.97. The van der Waals surface area contributed by atoms with E-state index in [1.165, 1.54) is 6.07 Å². The van der Waals surface area contributed by atoms with Crippen molar-refractivity contribution in [3.05, 3.63) is 66.2 Å². The number of benzene rings is 2. The summed E-state index contributed by atoms with van der Waals surface area (Å²) in [5.74, 6) is -0.263. The van der Waals surface area contributed by atoms with E-state index >= 15 is 0 Å². The molecule has 1 heterocycles. The minimum Gasteiger partial charge on any atom is -0.326 e. The van der Waals surface area contributed by atoms with Crippen LogP contribution in [0.25, 0.3) is 21.9 Å². The van der Waals surface area contributed by atoms with E-state index in [-0.39, 0.29) is 5.82 Å². The third-order valence-electron chi connectivity index (χ3n) is 3.23. The molecule has 0 radical (unpaired) electrons. The van der Waals surface area contributed by atoms with Crippen molar-refractivity contribution in [3.63, 3.8) is 0 Å². The van der Waals surface area contributed by atoms with Crippen LogP contribution in [0.2, 0.25) is 0 Å². The summed E-state index contributed by atoms with van der Waals surface area (Å²) in [5, 5.41) is 2.00. The number of halogens is 1. The van der Waals surface area contributed by atoms with Crippen molar-refractivity contribution in [1.82, 2.24) is 4.98 Å². The van der Waals surface area contributed by atoms with E-state index in [1.54, 1.807) is 18.5 Å². The van der Waals surface area contributed by atoms with E-state index in [0.717, 1.165) is 21.9 Å². The Morgan fingerprint density at radius 2 is 1.84 bits per heavy atom. The molecule has 0 saturated carbocycles. The molecule has 2 nitrogen and oxygen atoms in total. The molecule has 0 unspecified atom stereocenters. The Hall–Kier alpha value is -2.26. The third-order valence-corrected chi connectivity index (χ3v) is 3.23. The van der Waals surface area contributed by atoms with E-state index < -0.39 is 0 Å². The lowest BCUT2D eigenvalue weighted by Gasteiger charge is -2.08. The number of pyridine rings is 1. The molecular formula is C16H13FN2. The van der Waals surface area contributed by atoms with Crippen molar-refractivity contribution in [1.29, 1.82) is 0 Å². The highest BCUT2D eigenvalue weighted by atomic mass is 19.1. The Balaban J connectivity index is 2.24. The molecule has 0 aliphatic carbocycles. The number of nitrogens with two attached hydrogens (primary N) is 1. The normalized spacial score (nSPS) is 10.8. The van der Waals surface area contributed by atoms with Crippen LogP contribution in [0.5, 0.6) is 0 Å². The Labute approximate surface area is 110 Å². The van der Waals surface area contributed by atoms with Crippen LogP contribution in [0.3, 0.4) is 0 Å². The van der Waals surface area contributed by atoms with Gasteiger partial charge in [0.15, 0.2) is 0 Å². The SMILES string of the molecule is NCc1ccc(-c2cncc3ccccc23)c(F)c1. The van der Waals surface area contributed by atoms with Gasteiger partial charge in [-0.05, 0) is 17.0 Å². The second kappa shape index (κ2) is 4.78. The quantitative estimate of drug-likeness (QED) is 0.758. The maximum Gasteiger partial charge on any atom is 0.131 e. The first-order valence-corrected chi connectivity index (χ1v) is 6.11. The maximum absolute atomic E-state index is 14.2. The standard InChI is InChI=1S/C16H13FN2/c17-16-7-11(8-18)5-6-14(16)15-10-19-9-12-3-1-2-4-13(12)15/h1-7,9-10H,8,18H2. The molecule has 94 valence electrons. The fourth-order valence-corrected chi connectivity index (χ4v) is 2.24. The summed E-state index contributed by atoms with van der Waals surface area (Å²) < 4.78 is 14.2. The Bertz CT molecular complexity index is 732. The van der Waals surface area contributed by atoms with Gasteiger partial charge >= 0.3 is 0 Å². The van der Waals surface area contributed by atoms with Gasteiger partial charge in [0.1, 0.15) is 5.82 Å². The first-order valence-electron chi connectivity index (χ1n) is 6.11. The third kappa shape index (κ3) is 2.09. The van der Waals surface area contributed by atoms with Crippen molar-refractivity contribution < 1.29 is 4.39 Å². The lowest BCUT2D eigenvalue weighted by atomic mass is 9.99. The van der Waals surface area contributed by atoms with Gasteiger partial charge in [0.05, 0.1) is 0 Å². The van der Waals surface area contributed by atoms with E-state index in [4.69, 9.17) is 5.73 Å². The van der Waals surface area contributed by atoms with Crippen LogP contribution in [0.15, 0.2) is 54.9 Å². The van der Waals surface area contributed by atoms with Gasteiger partial charge in [-0.1, -0.05) is 36.4 Å². The monoisotopic (exact) mass is 252 g/mol. The molecule has 3 aromatic rings. The van der Waals surface area contributed by atoms with Crippen molar-refractivity contribution in [2.24, 2.45) is 5.73 Å². The van der Waals surface area contributed by atoms with Gasteiger partial charge in [-0.2, -0.15) is 0 Å². The molecule has 0 aliphatic rings. The molecule has 2 N–H and O–H groups in total. The van der Waals surface area contributed by atoms with Crippen LogP contribution in [0.1, 0.15) is 5.56 Å². The van der Waals surface area contributed by atoms with E-state index in [9.17, 15) is 4.39 Å². The number of aromatic nitrogens is 1. The molecule has 0 atom stereocenters. The fourth-order valence-electron chi connectivity index (χ4n) is 2.24. The zero-order valence-corrected chi connectivity index (χ0v) is 10.3. The molecule has 0 bridgehead atoms. The van der Waals surface area contributed by atoms with Gasteiger partial charge in [0, 0.05) is 35.5 Å². The molecule has 2 aromatic carbocycles. The zero-order chi connectivity index (χ0) is 13.2. The van der Waals surface area contributed by atoms with E-state index in [2.05, 4.69) is 4.98 Å². The Morgan fingerprint density at radius 1 is 1.00 bits per heavy atom. The smallest absolute Gasteiger partial charge is 0.131 e. The average molecular weight is 252 g/mol. The second-order valence-corrected chi connectivity index (χ2v) is 4.43. The minimum absolute atomic E-state index is 0.263. The summed E-state index contributed by atoms with van der Waals surface area (Å²) in [6, 6.07) is 12.9. The van der Waals surface area contributed by atoms with Gasteiger partial charge in [-0.25, -0.2) is 4.39 Å². The first kappa shape index (κ1) is 11.8. The summed E-state index contributed by atoms with van der Waals surface area (Å²) in [7, 11) is 0. The predicted octanol–water partition coefficient (Wildman–Crippen LogP) is 3.50. The predicted molar refractivity (Wildman–Crippen MR) is 75.0 cm³/mol. The van der Waals surface area contributed by atoms with Crippen LogP contribution in [-0.4, -0.2) is 4.98 Å². The minimum atomic E-state index is -0.263. The van der Waals surface area contributed by atoms with Gasteiger partial charge in [-0.3, -0.25) is 4.98 Å². The van der Waals surface area contributed by atoms with Crippen LogP contribution < -0.4 is 5.73 Å². The van der Waals surface area contributed by atoms with Crippen LogP contribution in [-0.2, 0) is 6.54 Å². The number of nitrogens with zero attached hydrogens (tertiary/aromatic N) is 1. The molecule has 0 fully saturated rings. The zero-order valence-electron chi connectivity index (χ0n) is 10.3. The molecule has 0 saturated heterocycles. The summed E-state index contributed by atoms with van der Waals surface area (Å²) >= 11 is 0. The number of fused-ring (bicyclic) bond motifs is 1. The van der Waals surface area contributed by atoms with Crippen LogP contribution in [0, 0.1) is 5.82 Å². The van der Waals surface area contributed by atoms with Gasteiger partial charge in [0.25, 0.3) is 0 Å². The van der Waals surface area contributed by atoms with E-state index in [0.29, 0.717) is 12.1 Å². The first-order chi connectivity index (χ1) is 9.29. The lowest BCUT2D eigenvalue weighted by molar-refractivity contribution is 0.629. The highest BCUT2D eigenvalue weighted by Gasteiger charge is 2.09. The molecule has 0 amide bonds. The number of hydrogen-bond donors (Lipinski definition) is 1. The molecular weight excluding hydrogens is 239 g/mol. The summed E-state index contributed by atoms with van der Waals surface area (Å²) in [4.78, 5) is 4.18. The average Bonchev–Trinajstić information content (AvgIpc) is 2.46. The van der Waals surface area contributed by atoms with Crippen molar-refractivity contribution >= 4 is 10.8 Å². The van der Waals surface area contributed by atoms with Crippen molar-refractivity contribution in [3.8, 4) is 11.1 Å². The van der Waals surface area contributed by atoms with E-state index in [1.807, 2.05) is 30.3 Å². The van der Waals surface area contributed by atoms with Crippen LogP contribution >= 0.6 is 0 Å².